The smallest absolute Gasteiger partial charge is 0.0670 e. The standard InChI is InChI=1S/C13H13ClN2/c1-9-5-11(13(14)12(15)6-9)7-10-3-2-4-16-8-10/h2-6,8H,7,15H2,1H3. The minimum atomic E-state index is 0.639. The SMILES string of the molecule is Cc1cc(N)c(Cl)c(Cc2cccnc2)c1. The number of nitrogens with zero attached hydrogens (tertiary/aromatic N) is 1. The molecule has 16 heavy (non-hydrogen) atoms. The van der Waals surface area contributed by atoms with Crippen LogP contribution in [0.2, 0.25) is 5.02 Å². The second-order valence-electron chi connectivity index (χ2n) is 3.87. The molecule has 0 aliphatic heterocycles. The van der Waals surface area contributed by atoms with E-state index in [2.05, 4.69) is 11.1 Å². The van der Waals surface area contributed by atoms with Gasteiger partial charge in [-0.15, -0.1) is 0 Å². The van der Waals surface area contributed by atoms with Gasteiger partial charge in [-0.2, -0.15) is 0 Å². The molecule has 2 rings (SSSR count). The second kappa shape index (κ2) is 4.54. The van der Waals surface area contributed by atoms with E-state index in [-0.39, 0.29) is 0 Å². The van der Waals surface area contributed by atoms with Crippen molar-refractivity contribution in [1.29, 1.82) is 0 Å². The van der Waals surface area contributed by atoms with Gasteiger partial charge in [0.15, 0.2) is 0 Å². The molecule has 82 valence electrons. The number of nitrogens with two attached hydrogens (primary N) is 1. The third-order valence-electron chi connectivity index (χ3n) is 2.44. The van der Waals surface area contributed by atoms with Crippen LogP contribution in [0, 0.1) is 6.92 Å². The van der Waals surface area contributed by atoms with Gasteiger partial charge in [0.25, 0.3) is 0 Å². The van der Waals surface area contributed by atoms with Gasteiger partial charge in [-0.1, -0.05) is 23.7 Å². The number of nitrogen functional groups attached to an aromatic ring is 1. The molecule has 0 aliphatic carbocycles. The average molecular weight is 233 g/mol. The molecule has 2 nitrogen and oxygen atoms in total. The summed E-state index contributed by atoms with van der Waals surface area (Å²) in [7, 11) is 0. The molecule has 0 spiro atoms. The van der Waals surface area contributed by atoms with Crippen molar-refractivity contribution >= 4 is 17.3 Å². The number of aromatic nitrogens is 1. The van der Waals surface area contributed by atoms with Gasteiger partial charge in [-0.3, -0.25) is 4.98 Å². The molecule has 0 saturated carbocycles. The first kappa shape index (κ1) is 11.0. The fraction of sp³-hybridized carbons (Fsp3) is 0.154. The predicted molar refractivity (Wildman–Crippen MR) is 67.6 cm³/mol. The third-order valence-corrected chi connectivity index (χ3v) is 2.90. The molecule has 0 aliphatic rings. The highest BCUT2D eigenvalue weighted by molar-refractivity contribution is 6.33. The zero-order chi connectivity index (χ0) is 11.5. The summed E-state index contributed by atoms with van der Waals surface area (Å²) >= 11 is 6.17. The van der Waals surface area contributed by atoms with Gasteiger partial charge in [0, 0.05) is 18.8 Å². The van der Waals surface area contributed by atoms with Crippen LogP contribution in [0.4, 0.5) is 5.69 Å². The molecule has 1 aromatic heterocycles. The lowest BCUT2D eigenvalue weighted by atomic mass is 10.0. The number of hydrogen-bond acceptors (Lipinski definition) is 2. The van der Waals surface area contributed by atoms with E-state index in [0.717, 1.165) is 23.1 Å². The minimum Gasteiger partial charge on any atom is -0.398 e. The molecule has 0 bridgehead atoms. The summed E-state index contributed by atoms with van der Waals surface area (Å²) in [6.45, 7) is 2.01. The van der Waals surface area contributed by atoms with Crippen molar-refractivity contribution < 1.29 is 0 Å². The number of halogens is 1. The monoisotopic (exact) mass is 232 g/mol. The number of anilines is 1. The van der Waals surface area contributed by atoms with Crippen LogP contribution in [-0.2, 0) is 6.42 Å². The molecule has 0 amide bonds. The lowest BCUT2D eigenvalue weighted by Gasteiger charge is -2.08. The Kier molecular flexibility index (Phi) is 3.11. The van der Waals surface area contributed by atoms with E-state index in [9.17, 15) is 0 Å². The van der Waals surface area contributed by atoms with Crippen molar-refractivity contribution in [1.82, 2.24) is 4.98 Å². The van der Waals surface area contributed by atoms with Crippen molar-refractivity contribution in [2.75, 3.05) is 5.73 Å². The largest absolute Gasteiger partial charge is 0.398 e. The Labute approximate surface area is 100 Å². The molecule has 2 N–H and O–H groups in total. The van der Waals surface area contributed by atoms with Crippen LogP contribution in [0.3, 0.4) is 0 Å². The van der Waals surface area contributed by atoms with Crippen LogP contribution in [0.1, 0.15) is 16.7 Å². The van der Waals surface area contributed by atoms with E-state index in [1.165, 1.54) is 0 Å². The molecular weight excluding hydrogens is 220 g/mol. The summed E-state index contributed by atoms with van der Waals surface area (Å²) < 4.78 is 0. The van der Waals surface area contributed by atoms with Gasteiger partial charge in [0.1, 0.15) is 0 Å². The third kappa shape index (κ3) is 2.34. The summed E-state index contributed by atoms with van der Waals surface area (Å²) in [6, 6.07) is 7.89. The van der Waals surface area contributed by atoms with Gasteiger partial charge < -0.3 is 5.73 Å². The Balaban J connectivity index is 2.35. The highest BCUT2D eigenvalue weighted by atomic mass is 35.5. The van der Waals surface area contributed by atoms with Crippen LogP contribution >= 0.6 is 11.6 Å². The van der Waals surface area contributed by atoms with Gasteiger partial charge in [0.05, 0.1) is 10.7 Å². The topological polar surface area (TPSA) is 38.9 Å². The Hall–Kier alpha value is -1.54. The first-order chi connectivity index (χ1) is 7.66. The highest BCUT2D eigenvalue weighted by Gasteiger charge is 2.06. The van der Waals surface area contributed by atoms with E-state index >= 15 is 0 Å². The van der Waals surface area contributed by atoms with E-state index < -0.39 is 0 Å². The lowest BCUT2D eigenvalue weighted by Crippen LogP contribution is -1.95. The maximum Gasteiger partial charge on any atom is 0.0670 e. The van der Waals surface area contributed by atoms with Crippen LogP contribution in [0.25, 0.3) is 0 Å². The molecular formula is C13H13ClN2. The number of benzene rings is 1. The summed E-state index contributed by atoms with van der Waals surface area (Å²) in [5.41, 5.74) is 9.77. The van der Waals surface area contributed by atoms with Crippen molar-refractivity contribution in [2.24, 2.45) is 0 Å². The Bertz CT molecular complexity index is 495. The lowest BCUT2D eigenvalue weighted by molar-refractivity contribution is 1.14. The first-order valence-electron chi connectivity index (χ1n) is 5.10. The van der Waals surface area contributed by atoms with E-state index in [0.29, 0.717) is 10.7 Å². The summed E-state index contributed by atoms with van der Waals surface area (Å²) in [4.78, 5) is 4.08. The first-order valence-corrected chi connectivity index (χ1v) is 5.48. The quantitative estimate of drug-likeness (QED) is 0.808. The maximum atomic E-state index is 6.17. The van der Waals surface area contributed by atoms with Crippen LogP contribution in [0.15, 0.2) is 36.7 Å². The fourth-order valence-electron chi connectivity index (χ4n) is 1.73. The molecule has 0 atom stereocenters. The van der Waals surface area contributed by atoms with Crippen molar-refractivity contribution in [3.8, 4) is 0 Å². The zero-order valence-corrected chi connectivity index (χ0v) is 9.83. The minimum absolute atomic E-state index is 0.639. The normalized spacial score (nSPS) is 10.4. The van der Waals surface area contributed by atoms with E-state index in [4.69, 9.17) is 17.3 Å². The average Bonchev–Trinajstić information content (AvgIpc) is 2.27. The Morgan fingerprint density at radius 1 is 1.38 bits per heavy atom. The van der Waals surface area contributed by atoms with E-state index in [1.54, 1.807) is 6.20 Å². The second-order valence-corrected chi connectivity index (χ2v) is 4.24. The van der Waals surface area contributed by atoms with Gasteiger partial charge in [-0.25, -0.2) is 0 Å². The summed E-state index contributed by atoms with van der Waals surface area (Å²) in [5.74, 6) is 0. The zero-order valence-electron chi connectivity index (χ0n) is 9.07. The van der Waals surface area contributed by atoms with Crippen molar-refractivity contribution in [3.63, 3.8) is 0 Å². The molecule has 0 radical (unpaired) electrons. The van der Waals surface area contributed by atoms with Crippen LogP contribution < -0.4 is 5.73 Å². The van der Waals surface area contributed by atoms with Gasteiger partial charge in [0.2, 0.25) is 0 Å². The number of aryl methyl sites for hydroxylation is 1. The van der Waals surface area contributed by atoms with Crippen LogP contribution in [-0.4, -0.2) is 4.98 Å². The predicted octanol–water partition coefficient (Wildman–Crippen LogP) is 3.22. The Morgan fingerprint density at radius 2 is 2.19 bits per heavy atom. The Morgan fingerprint density at radius 3 is 2.88 bits per heavy atom. The van der Waals surface area contributed by atoms with Crippen molar-refractivity contribution in [3.05, 3.63) is 58.4 Å². The molecule has 1 aromatic carbocycles. The molecule has 3 heteroatoms. The summed E-state index contributed by atoms with van der Waals surface area (Å²) in [6.07, 6.45) is 4.36. The fourth-order valence-corrected chi connectivity index (χ4v) is 1.90. The molecule has 0 fully saturated rings. The summed E-state index contributed by atoms with van der Waals surface area (Å²) in [5, 5.41) is 0.648. The number of pyridine rings is 1. The van der Waals surface area contributed by atoms with E-state index in [1.807, 2.05) is 31.3 Å². The van der Waals surface area contributed by atoms with Crippen molar-refractivity contribution in [2.45, 2.75) is 13.3 Å². The van der Waals surface area contributed by atoms with Crippen LogP contribution in [0.5, 0.6) is 0 Å². The molecule has 0 saturated heterocycles. The van der Waals surface area contributed by atoms with Gasteiger partial charge in [-0.05, 0) is 35.7 Å². The molecule has 2 aromatic rings. The number of rotatable bonds is 2. The highest BCUT2D eigenvalue weighted by Crippen LogP contribution is 2.26. The maximum absolute atomic E-state index is 6.17. The molecule has 1 heterocycles. The number of hydrogen-bond donors (Lipinski definition) is 1. The van der Waals surface area contributed by atoms with Gasteiger partial charge >= 0.3 is 0 Å². The molecule has 0 unspecified atom stereocenters.